The van der Waals surface area contributed by atoms with Crippen molar-refractivity contribution in [2.45, 2.75) is 71.1 Å². The van der Waals surface area contributed by atoms with Crippen LogP contribution in [-0.2, 0) is 13.0 Å². The van der Waals surface area contributed by atoms with Crippen molar-refractivity contribution in [1.82, 2.24) is 14.4 Å². The number of hydrogen-bond acceptors (Lipinski definition) is 5. The molecule has 4 atom stereocenters. The molecule has 1 aromatic carbocycles. The maximum Gasteiger partial charge on any atom is 0.276 e. The Morgan fingerprint density at radius 3 is 2.51 bits per heavy atom. The summed E-state index contributed by atoms with van der Waals surface area (Å²) < 4.78 is 7.14. The van der Waals surface area contributed by atoms with Crippen molar-refractivity contribution in [3.63, 3.8) is 0 Å². The highest BCUT2D eigenvalue weighted by molar-refractivity contribution is 7.10. The molecule has 1 aliphatic carbocycles. The van der Waals surface area contributed by atoms with Crippen molar-refractivity contribution in [3.05, 3.63) is 63.6 Å². The summed E-state index contributed by atoms with van der Waals surface area (Å²) in [5.41, 5.74) is 0.877. The number of carbonyl (C=O) groups is 2. The Kier molecular flexibility index (Phi) is 8.08. The summed E-state index contributed by atoms with van der Waals surface area (Å²) in [5, 5.41) is 0. The van der Waals surface area contributed by atoms with Crippen LogP contribution < -0.4 is 9.95 Å². The SMILES string of the molecule is CC.CN1C[C@@H]2CCCC[C@@H]2N2C(=O)c3c(OP)c(=O)c(C(=O)CCc4ccccc4)cn3C[C@@H]12. The molecule has 3 heterocycles. The summed E-state index contributed by atoms with van der Waals surface area (Å²) >= 11 is 0. The van der Waals surface area contributed by atoms with E-state index in [0.29, 0.717) is 18.9 Å². The number of carbonyl (C=O) groups excluding carboxylic acids is 2. The van der Waals surface area contributed by atoms with Crippen molar-refractivity contribution >= 4 is 21.2 Å². The van der Waals surface area contributed by atoms with Crippen molar-refractivity contribution in [3.8, 4) is 5.75 Å². The first kappa shape index (κ1) is 25.6. The zero-order valence-corrected chi connectivity index (χ0v) is 22.1. The topological polar surface area (TPSA) is 71.8 Å². The Morgan fingerprint density at radius 2 is 1.80 bits per heavy atom. The Morgan fingerprint density at radius 1 is 1.09 bits per heavy atom. The summed E-state index contributed by atoms with van der Waals surface area (Å²) in [6, 6.07) is 9.93. The van der Waals surface area contributed by atoms with E-state index in [-0.39, 0.29) is 47.3 Å². The Labute approximate surface area is 209 Å². The minimum absolute atomic E-state index is 0.0467. The van der Waals surface area contributed by atoms with Crippen LogP contribution in [0.4, 0.5) is 0 Å². The van der Waals surface area contributed by atoms with E-state index in [9.17, 15) is 14.4 Å². The summed E-state index contributed by atoms with van der Waals surface area (Å²) in [5.74, 6) is 0.00485. The van der Waals surface area contributed by atoms with Gasteiger partial charge in [-0.15, -0.1) is 0 Å². The molecule has 2 aliphatic heterocycles. The van der Waals surface area contributed by atoms with E-state index in [1.54, 1.807) is 10.8 Å². The van der Waals surface area contributed by atoms with Crippen molar-refractivity contribution in [2.75, 3.05) is 13.6 Å². The summed E-state index contributed by atoms with van der Waals surface area (Å²) in [6.07, 6.45) is 6.71. The number of hydrogen-bond donors (Lipinski definition) is 0. The van der Waals surface area contributed by atoms with E-state index in [1.165, 1.54) is 6.42 Å². The van der Waals surface area contributed by atoms with Crippen LogP contribution in [0.15, 0.2) is 41.3 Å². The summed E-state index contributed by atoms with van der Waals surface area (Å²) in [7, 11) is 4.14. The smallest absolute Gasteiger partial charge is 0.276 e. The molecule has 7 nitrogen and oxygen atoms in total. The first-order valence-electron chi connectivity index (χ1n) is 12.7. The molecule has 0 N–H and O–H groups in total. The predicted molar refractivity (Wildman–Crippen MR) is 140 cm³/mol. The Hall–Kier alpha value is -2.50. The fourth-order valence-corrected chi connectivity index (χ4v) is 6.07. The molecule has 0 radical (unpaired) electrons. The molecule has 8 heteroatoms. The number of amides is 1. The van der Waals surface area contributed by atoms with E-state index in [2.05, 4.69) is 21.4 Å². The molecule has 1 saturated heterocycles. The third kappa shape index (κ3) is 4.81. The highest BCUT2D eigenvalue weighted by Gasteiger charge is 2.47. The number of ketones is 1. The van der Waals surface area contributed by atoms with E-state index < -0.39 is 5.43 Å². The molecule has 3 aliphatic rings. The monoisotopic (exact) mass is 497 g/mol. The first-order chi connectivity index (χ1) is 17.0. The third-order valence-corrected chi connectivity index (χ3v) is 7.75. The molecule has 35 heavy (non-hydrogen) atoms. The molecule has 0 spiro atoms. The van der Waals surface area contributed by atoms with Gasteiger partial charge in [0.2, 0.25) is 5.43 Å². The molecule has 1 aromatic heterocycles. The number of pyridine rings is 1. The average molecular weight is 498 g/mol. The highest BCUT2D eigenvalue weighted by Crippen LogP contribution is 2.39. The zero-order valence-electron chi connectivity index (χ0n) is 20.9. The van der Waals surface area contributed by atoms with E-state index >= 15 is 0 Å². The minimum atomic E-state index is -0.508. The molecule has 0 bridgehead atoms. The van der Waals surface area contributed by atoms with Gasteiger partial charge >= 0.3 is 0 Å². The molecule has 1 saturated carbocycles. The van der Waals surface area contributed by atoms with Gasteiger partial charge in [0.15, 0.2) is 17.2 Å². The second kappa shape index (κ2) is 11.0. The predicted octanol–water partition coefficient (Wildman–Crippen LogP) is 4.15. The number of aromatic nitrogens is 1. The van der Waals surface area contributed by atoms with Gasteiger partial charge in [0, 0.05) is 25.2 Å². The fourth-order valence-electron chi connectivity index (χ4n) is 5.85. The average Bonchev–Trinajstić information content (AvgIpc) is 2.89. The number of fused-ring (bicyclic) bond motifs is 4. The summed E-state index contributed by atoms with van der Waals surface area (Å²) in [4.78, 5) is 44.2. The van der Waals surface area contributed by atoms with Gasteiger partial charge in [0.05, 0.1) is 21.6 Å². The maximum atomic E-state index is 13.7. The van der Waals surface area contributed by atoms with Crippen molar-refractivity contribution in [2.24, 2.45) is 5.92 Å². The largest absolute Gasteiger partial charge is 0.474 e. The van der Waals surface area contributed by atoms with Crippen molar-refractivity contribution < 1.29 is 14.1 Å². The lowest BCUT2D eigenvalue weighted by atomic mass is 9.80. The lowest BCUT2D eigenvalue weighted by molar-refractivity contribution is -0.0627. The highest BCUT2D eigenvalue weighted by atomic mass is 31.0. The van der Waals surface area contributed by atoms with Gasteiger partial charge in [-0.3, -0.25) is 19.3 Å². The lowest BCUT2D eigenvalue weighted by Crippen LogP contribution is -2.66. The van der Waals surface area contributed by atoms with Crippen LogP contribution in [0.3, 0.4) is 0 Å². The molecular weight excluding hydrogens is 461 g/mol. The van der Waals surface area contributed by atoms with Gasteiger partial charge < -0.3 is 14.0 Å². The number of benzene rings is 1. The van der Waals surface area contributed by atoms with Crippen LogP contribution in [0.25, 0.3) is 0 Å². The van der Waals surface area contributed by atoms with Crippen LogP contribution in [0.2, 0.25) is 0 Å². The standard InChI is InChI=1S/C25H30N3O4P.C2H6/c1-26-13-17-9-5-6-10-19(17)28-21(26)15-27-14-18(23(30)24(32-33)22(27)25(28)31)20(29)12-11-16-7-3-2-4-8-16;1-2/h2-4,7-8,14,17,19,21H,5-6,9-13,15,33H2,1H3;1-2H3/t17-,19-,21-;/m0./s1. The van der Waals surface area contributed by atoms with E-state index in [4.69, 9.17) is 4.52 Å². The van der Waals surface area contributed by atoms with Gasteiger partial charge in [0.25, 0.3) is 5.91 Å². The number of nitrogens with zero attached hydrogens (tertiary/aromatic N) is 3. The fraction of sp³-hybridized carbons (Fsp3) is 0.519. The first-order valence-corrected chi connectivity index (χ1v) is 13.2. The van der Waals surface area contributed by atoms with Gasteiger partial charge in [-0.2, -0.15) is 0 Å². The molecule has 188 valence electrons. The maximum absolute atomic E-state index is 13.7. The van der Waals surface area contributed by atoms with Crippen LogP contribution in [0.1, 0.15) is 72.4 Å². The second-order valence-corrected chi connectivity index (χ2v) is 9.71. The van der Waals surface area contributed by atoms with Gasteiger partial charge in [0.1, 0.15) is 6.17 Å². The van der Waals surface area contributed by atoms with Crippen LogP contribution in [0.5, 0.6) is 5.75 Å². The second-order valence-electron chi connectivity index (χ2n) is 9.47. The quantitative estimate of drug-likeness (QED) is 0.459. The molecule has 2 fully saturated rings. The molecule has 2 aromatic rings. The third-order valence-electron chi connectivity index (χ3n) is 7.52. The molecule has 5 rings (SSSR count). The molecule has 1 amide bonds. The number of aryl methyl sites for hydroxylation is 1. The Balaban J connectivity index is 0.00000141. The molecular formula is C27H36N3O4P. The zero-order chi connectivity index (χ0) is 25.1. The minimum Gasteiger partial charge on any atom is -0.474 e. The number of likely N-dealkylation sites (N-methyl/N-ethyl adjacent to an activating group) is 1. The van der Waals surface area contributed by atoms with E-state index in [0.717, 1.165) is 31.4 Å². The molecule has 1 unspecified atom stereocenters. The van der Waals surface area contributed by atoms with E-state index in [1.807, 2.05) is 49.1 Å². The van der Waals surface area contributed by atoms with Crippen LogP contribution in [0, 0.1) is 5.92 Å². The Bertz CT molecular complexity index is 1130. The van der Waals surface area contributed by atoms with Crippen molar-refractivity contribution in [1.29, 1.82) is 0 Å². The number of rotatable bonds is 5. The van der Waals surface area contributed by atoms with Crippen LogP contribution >= 0.6 is 9.47 Å². The van der Waals surface area contributed by atoms with Crippen LogP contribution in [-0.4, -0.2) is 51.9 Å². The van der Waals surface area contributed by atoms with Gasteiger partial charge in [-0.1, -0.05) is 57.0 Å². The normalized spacial score (nSPS) is 23.4. The lowest BCUT2D eigenvalue weighted by Gasteiger charge is -2.54. The van der Waals surface area contributed by atoms with Gasteiger partial charge in [-0.05, 0) is 37.8 Å². The van der Waals surface area contributed by atoms with Gasteiger partial charge in [-0.25, -0.2) is 0 Å². The number of Topliss-reactive ketones (excluding diaryl/α,β-unsaturated/α-hetero) is 1. The summed E-state index contributed by atoms with van der Waals surface area (Å²) in [6.45, 7) is 5.48.